The second kappa shape index (κ2) is 8.78. The largest absolute Gasteiger partial charge is 0.419 e. The lowest BCUT2D eigenvalue weighted by atomic mass is 10.2. The highest BCUT2D eigenvalue weighted by Gasteiger charge is 2.19. The molecule has 150 valence electrons. The van der Waals surface area contributed by atoms with Crippen molar-refractivity contribution in [3.8, 4) is 11.5 Å². The Balaban J connectivity index is 1.73. The molecule has 1 aromatic heterocycles. The van der Waals surface area contributed by atoms with Crippen LogP contribution >= 0.6 is 12.2 Å². The fourth-order valence-electron chi connectivity index (χ4n) is 2.69. The fourth-order valence-corrected chi connectivity index (χ4v) is 3.08. The first-order valence-corrected chi connectivity index (χ1v) is 9.46. The van der Waals surface area contributed by atoms with Gasteiger partial charge in [0.15, 0.2) is 5.11 Å². The minimum atomic E-state index is -0.452. The average Bonchev–Trinajstić information content (AvgIpc) is 3.16. The van der Waals surface area contributed by atoms with Crippen molar-refractivity contribution in [2.75, 3.05) is 5.32 Å². The third kappa shape index (κ3) is 4.94. The van der Waals surface area contributed by atoms with Crippen LogP contribution in [0, 0.1) is 17.0 Å². The molecule has 1 heterocycles. The van der Waals surface area contributed by atoms with Crippen LogP contribution in [0.15, 0.2) is 52.9 Å². The van der Waals surface area contributed by atoms with Crippen molar-refractivity contribution in [2.45, 2.75) is 33.4 Å². The number of non-ortho nitro benzene ring substituents is 1. The smallest absolute Gasteiger partial charge is 0.269 e. The number of aryl methyl sites for hydroxylation is 1. The first-order chi connectivity index (χ1) is 13.8. The average molecular weight is 411 g/mol. The van der Waals surface area contributed by atoms with E-state index < -0.39 is 4.92 Å². The molecule has 0 aliphatic carbocycles. The summed E-state index contributed by atoms with van der Waals surface area (Å²) in [4.78, 5) is 12.3. The van der Waals surface area contributed by atoms with Gasteiger partial charge >= 0.3 is 0 Å². The highest BCUT2D eigenvalue weighted by Crippen LogP contribution is 2.22. The van der Waals surface area contributed by atoms with Crippen LogP contribution in [0.3, 0.4) is 0 Å². The van der Waals surface area contributed by atoms with Crippen LogP contribution in [-0.4, -0.2) is 31.2 Å². The van der Waals surface area contributed by atoms with E-state index in [9.17, 15) is 10.1 Å². The number of nitrogens with one attached hydrogen (secondary N) is 1. The molecule has 0 aliphatic rings. The maximum Gasteiger partial charge on any atom is 0.269 e. The molecule has 0 amide bonds. The lowest BCUT2D eigenvalue weighted by molar-refractivity contribution is -0.384. The summed E-state index contributed by atoms with van der Waals surface area (Å²) in [5.41, 5.74) is 2.66. The summed E-state index contributed by atoms with van der Waals surface area (Å²) >= 11 is 5.59. The molecule has 0 aliphatic heterocycles. The summed E-state index contributed by atoms with van der Waals surface area (Å²) in [5, 5.41) is 22.8. The van der Waals surface area contributed by atoms with Gasteiger partial charge in [0.25, 0.3) is 5.69 Å². The maximum absolute atomic E-state index is 10.8. The summed E-state index contributed by atoms with van der Waals surface area (Å²) in [6.45, 7) is 6.41. The summed E-state index contributed by atoms with van der Waals surface area (Å²) < 4.78 is 5.75. The highest BCUT2D eigenvalue weighted by atomic mass is 32.1. The number of aromatic nitrogens is 2. The van der Waals surface area contributed by atoms with Crippen molar-refractivity contribution < 1.29 is 9.34 Å². The number of nitro benzene ring substituents is 1. The van der Waals surface area contributed by atoms with Gasteiger partial charge in [-0.3, -0.25) is 10.1 Å². The van der Waals surface area contributed by atoms with Crippen LogP contribution in [0.4, 0.5) is 11.4 Å². The van der Waals surface area contributed by atoms with E-state index in [2.05, 4.69) is 15.5 Å². The Hall–Kier alpha value is -3.33. The highest BCUT2D eigenvalue weighted by molar-refractivity contribution is 7.80. The normalized spacial score (nSPS) is 10.8. The van der Waals surface area contributed by atoms with E-state index in [1.54, 1.807) is 12.1 Å². The Morgan fingerprint density at radius 2 is 1.90 bits per heavy atom. The Morgan fingerprint density at radius 1 is 1.21 bits per heavy atom. The molecule has 8 nitrogen and oxygen atoms in total. The van der Waals surface area contributed by atoms with Gasteiger partial charge in [0.1, 0.15) is 0 Å². The molecule has 3 rings (SSSR count). The maximum atomic E-state index is 10.8. The summed E-state index contributed by atoms with van der Waals surface area (Å²) in [6.07, 6.45) is 0. The quantitative estimate of drug-likeness (QED) is 0.358. The Bertz CT molecular complexity index is 1020. The predicted molar refractivity (Wildman–Crippen MR) is 114 cm³/mol. The Morgan fingerprint density at radius 3 is 2.52 bits per heavy atom. The van der Waals surface area contributed by atoms with E-state index >= 15 is 0 Å². The summed E-state index contributed by atoms with van der Waals surface area (Å²) in [7, 11) is 0. The molecule has 3 aromatic rings. The van der Waals surface area contributed by atoms with Crippen molar-refractivity contribution in [2.24, 2.45) is 0 Å². The Labute approximate surface area is 173 Å². The van der Waals surface area contributed by atoms with Crippen LogP contribution in [0.2, 0.25) is 0 Å². The fraction of sp³-hybridized carbons (Fsp3) is 0.250. The molecule has 2 aromatic carbocycles. The van der Waals surface area contributed by atoms with E-state index in [-0.39, 0.29) is 11.7 Å². The number of hydrogen-bond donors (Lipinski definition) is 1. The zero-order valence-corrected chi connectivity index (χ0v) is 17.1. The first kappa shape index (κ1) is 20.4. The molecule has 0 saturated heterocycles. The van der Waals surface area contributed by atoms with E-state index in [1.807, 2.05) is 49.9 Å². The van der Waals surface area contributed by atoms with Crippen molar-refractivity contribution in [3.05, 3.63) is 70.1 Å². The van der Waals surface area contributed by atoms with E-state index in [1.165, 1.54) is 12.1 Å². The van der Waals surface area contributed by atoms with Gasteiger partial charge in [-0.25, -0.2) is 0 Å². The van der Waals surface area contributed by atoms with E-state index in [4.69, 9.17) is 16.6 Å². The number of nitro groups is 1. The zero-order valence-electron chi connectivity index (χ0n) is 16.3. The first-order valence-electron chi connectivity index (χ1n) is 9.05. The van der Waals surface area contributed by atoms with Crippen molar-refractivity contribution in [1.82, 2.24) is 15.1 Å². The second-order valence-electron chi connectivity index (χ2n) is 6.77. The SMILES string of the molecule is Cc1ccccc1NC(=S)N(Cc1nnc(-c2ccc([N+](=O)[O-])cc2)o1)C(C)C. The van der Waals surface area contributed by atoms with E-state index in [0.29, 0.717) is 29.0 Å². The molecule has 0 spiro atoms. The third-order valence-corrected chi connectivity index (χ3v) is 4.70. The number of anilines is 1. The second-order valence-corrected chi connectivity index (χ2v) is 7.16. The van der Waals surface area contributed by atoms with Gasteiger partial charge in [0.05, 0.1) is 11.5 Å². The van der Waals surface area contributed by atoms with Crippen LogP contribution in [0.5, 0.6) is 0 Å². The molecule has 0 saturated carbocycles. The van der Waals surface area contributed by atoms with Gasteiger partial charge in [0.2, 0.25) is 11.8 Å². The lowest BCUT2D eigenvalue weighted by Gasteiger charge is -2.28. The molecule has 9 heteroatoms. The van der Waals surface area contributed by atoms with Crippen LogP contribution in [0.25, 0.3) is 11.5 Å². The number of benzene rings is 2. The van der Waals surface area contributed by atoms with Gasteiger partial charge in [-0.05, 0) is 56.8 Å². The third-order valence-electron chi connectivity index (χ3n) is 4.37. The number of nitrogens with zero attached hydrogens (tertiary/aromatic N) is 4. The Kier molecular flexibility index (Phi) is 6.18. The monoisotopic (exact) mass is 411 g/mol. The lowest BCUT2D eigenvalue weighted by Crippen LogP contribution is -2.39. The number of rotatable bonds is 6. The predicted octanol–water partition coefficient (Wildman–Crippen LogP) is 4.56. The van der Waals surface area contributed by atoms with Gasteiger partial charge in [-0.2, -0.15) is 0 Å². The summed E-state index contributed by atoms with van der Waals surface area (Å²) in [5.74, 6) is 0.706. The van der Waals surface area contributed by atoms with Gasteiger partial charge in [-0.1, -0.05) is 18.2 Å². The molecule has 29 heavy (non-hydrogen) atoms. The number of hydrogen-bond acceptors (Lipinski definition) is 6. The van der Waals surface area contributed by atoms with Crippen LogP contribution in [-0.2, 0) is 6.54 Å². The van der Waals surface area contributed by atoms with Crippen LogP contribution < -0.4 is 5.32 Å². The van der Waals surface area contributed by atoms with Gasteiger partial charge < -0.3 is 14.6 Å². The summed E-state index contributed by atoms with van der Waals surface area (Å²) in [6, 6.07) is 14.0. The molecule has 0 bridgehead atoms. The number of para-hydroxylation sites is 1. The molecule has 1 N–H and O–H groups in total. The van der Waals surface area contributed by atoms with Crippen molar-refractivity contribution in [3.63, 3.8) is 0 Å². The molecule has 0 unspecified atom stereocenters. The van der Waals surface area contributed by atoms with Gasteiger partial charge in [0, 0.05) is 29.4 Å². The molecule has 0 fully saturated rings. The minimum absolute atomic E-state index is 0.00657. The molecular formula is C20H21N5O3S. The van der Waals surface area contributed by atoms with Crippen molar-refractivity contribution in [1.29, 1.82) is 0 Å². The topological polar surface area (TPSA) is 97.3 Å². The molecule has 0 atom stereocenters. The van der Waals surface area contributed by atoms with Gasteiger partial charge in [-0.15, -0.1) is 10.2 Å². The minimum Gasteiger partial charge on any atom is -0.419 e. The zero-order chi connectivity index (χ0) is 21.0. The van der Waals surface area contributed by atoms with Crippen LogP contribution in [0.1, 0.15) is 25.3 Å². The van der Waals surface area contributed by atoms with E-state index in [0.717, 1.165) is 11.3 Å². The number of thiocarbonyl (C=S) groups is 1. The molecule has 0 radical (unpaired) electrons. The standard InChI is InChI=1S/C20H21N5O3S/c1-13(2)24(20(29)21-17-7-5-4-6-14(17)3)12-18-22-23-19(28-18)15-8-10-16(11-9-15)25(26)27/h4-11,13H,12H2,1-3H3,(H,21,29). The van der Waals surface area contributed by atoms with Crippen molar-refractivity contribution >= 4 is 28.7 Å². The molecular weight excluding hydrogens is 390 g/mol.